The predicted molar refractivity (Wildman–Crippen MR) is 195 cm³/mol. The Balaban J connectivity index is 1.04. The van der Waals surface area contributed by atoms with Crippen LogP contribution >= 0.6 is 0 Å². The lowest BCUT2D eigenvalue weighted by Crippen LogP contribution is -2.43. The first-order valence-electron chi connectivity index (χ1n) is 17.0. The van der Waals surface area contributed by atoms with Crippen molar-refractivity contribution in [3.05, 3.63) is 83.3 Å². The molecular formula is C37H44N10O3. The summed E-state index contributed by atoms with van der Waals surface area (Å²) in [6.07, 6.45) is 7.25. The number of carbonyl (C=O) groups excluding carboxylic acids is 2. The van der Waals surface area contributed by atoms with E-state index >= 15 is 0 Å². The van der Waals surface area contributed by atoms with E-state index in [0.29, 0.717) is 80.3 Å². The Bertz CT molecular complexity index is 1840. The second-order valence-electron chi connectivity index (χ2n) is 13.3. The molecule has 2 aromatic heterocycles. The highest BCUT2D eigenvalue weighted by atomic mass is 16.5. The summed E-state index contributed by atoms with van der Waals surface area (Å²) in [6, 6.07) is 14.4. The number of hydrogen-bond acceptors (Lipinski definition) is 9. The van der Waals surface area contributed by atoms with Gasteiger partial charge in [0.25, 0.3) is 0 Å². The lowest BCUT2D eigenvalue weighted by molar-refractivity contribution is -0.132. The summed E-state index contributed by atoms with van der Waals surface area (Å²) in [5.74, 6) is 1.39. The summed E-state index contributed by atoms with van der Waals surface area (Å²) in [6.45, 7) is 7.00. The van der Waals surface area contributed by atoms with Crippen LogP contribution < -0.4 is 20.7 Å². The van der Waals surface area contributed by atoms with Crippen LogP contribution in [0, 0.1) is 16.2 Å². The van der Waals surface area contributed by atoms with Crippen molar-refractivity contribution in [2.24, 2.45) is 10.4 Å². The molecule has 0 saturated carbocycles. The number of hydrogen-bond donors (Lipinski definition) is 4. The van der Waals surface area contributed by atoms with Crippen molar-refractivity contribution in [2.75, 3.05) is 56.9 Å². The third kappa shape index (κ3) is 7.27. The van der Waals surface area contributed by atoms with Crippen LogP contribution in [0.5, 0.6) is 5.75 Å². The van der Waals surface area contributed by atoms with E-state index < -0.39 is 5.41 Å². The molecule has 50 heavy (non-hydrogen) atoms. The molecule has 2 saturated heterocycles. The fraction of sp³-hybridized carbons (Fsp3) is 0.378. The zero-order valence-electron chi connectivity index (χ0n) is 28.8. The van der Waals surface area contributed by atoms with Crippen molar-refractivity contribution in [1.29, 1.82) is 10.8 Å². The van der Waals surface area contributed by atoms with Gasteiger partial charge in [0.1, 0.15) is 17.3 Å². The first kappa shape index (κ1) is 34.4. The third-order valence-electron chi connectivity index (χ3n) is 9.49. The number of rotatable bonds is 10. The molecule has 1 atom stereocenters. The van der Waals surface area contributed by atoms with E-state index in [1.807, 2.05) is 61.2 Å². The number of aromatic nitrogens is 2. The number of nitrogens with zero attached hydrogens (tertiary/aromatic N) is 6. The molecule has 1 aromatic carbocycles. The molecule has 6 rings (SSSR count). The van der Waals surface area contributed by atoms with Gasteiger partial charge in [0.15, 0.2) is 5.84 Å². The van der Waals surface area contributed by atoms with Crippen molar-refractivity contribution in [2.45, 2.75) is 39.2 Å². The lowest BCUT2D eigenvalue weighted by Gasteiger charge is -2.29. The molecule has 260 valence electrons. The molecule has 0 bridgehead atoms. The van der Waals surface area contributed by atoms with Gasteiger partial charge in [-0.1, -0.05) is 6.08 Å². The highest BCUT2D eigenvalue weighted by Crippen LogP contribution is 2.42. The van der Waals surface area contributed by atoms with Gasteiger partial charge in [0.2, 0.25) is 11.8 Å². The largest absolute Gasteiger partial charge is 0.491 e. The van der Waals surface area contributed by atoms with E-state index in [9.17, 15) is 9.59 Å². The standard InChI is InChI=1S/C37H44N10O3/c1-24(2)50-28-7-4-26(5-8-28)33(39)34-29(38)9-11-31(44-34)47-19-15-37(36(47)49)14-18-45(22-37)21-32(48)46-16-12-25(13-17-46)30-10-6-27(20-42-30)35(40)43-23-41-3/h4-12,20,23-24,39H,13-19,21-22,38H2,1-3H3,(H2,40,41,43)/t37-/m0/s1. The molecule has 5 heterocycles. The van der Waals surface area contributed by atoms with Crippen LogP contribution in [0.25, 0.3) is 5.57 Å². The molecular weight excluding hydrogens is 632 g/mol. The van der Waals surface area contributed by atoms with E-state index in [1.165, 1.54) is 6.34 Å². The second-order valence-corrected chi connectivity index (χ2v) is 13.3. The minimum atomic E-state index is -0.565. The van der Waals surface area contributed by atoms with Crippen molar-refractivity contribution in [1.82, 2.24) is 25.1 Å². The highest BCUT2D eigenvalue weighted by Gasteiger charge is 2.51. The normalized spacial score (nSPS) is 19.4. The van der Waals surface area contributed by atoms with Gasteiger partial charge in [-0.25, -0.2) is 9.98 Å². The summed E-state index contributed by atoms with van der Waals surface area (Å²) in [5.41, 5.74) is 9.77. The monoisotopic (exact) mass is 676 g/mol. The summed E-state index contributed by atoms with van der Waals surface area (Å²) in [7, 11) is 1.73. The average Bonchev–Trinajstić information content (AvgIpc) is 3.68. The summed E-state index contributed by atoms with van der Waals surface area (Å²) >= 11 is 0. The van der Waals surface area contributed by atoms with Crippen LogP contribution in [0.4, 0.5) is 11.5 Å². The van der Waals surface area contributed by atoms with Gasteiger partial charge in [0, 0.05) is 50.6 Å². The number of anilines is 2. The van der Waals surface area contributed by atoms with Gasteiger partial charge in [0.05, 0.1) is 41.5 Å². The van der Waals surface area contributed by atoms with Crippen LogP contribution in [-0.4, -0.2) is 102 Å². The first-order valence-corrected chi connectivity index (χ1v) is 17.0. The van der Waals surface area contributed by atoms with Gasteiger partial charge in [-0.3, -0.25) is 35.2 Å². The minimum Gasteiger partial charge on any atom is -0.491 e. The molecule has 0 aliphatic carbocycles. The zero-order chi connectivity index (χ0) is 35.4. The Morgan fingerprint density at radius 3 is 2.52 bits per heavy atom. The molecule has 0 unspecified atom stereocenters. The van der Waals surface area contributed by atoms with E-state index in [1.54, 1.807) is 30.3 Å². The first-order chi connectivity index (χ1) is 24.1. The zero-order valence-corrected chi connectivity index (χ0v) is 28.8. The van der Waals surface area contributed by atoms with Crippen LogP contribution in [-0.2, 0) is 9.59 Å². The number of amidine groups is 1. The summed E-state index contributed by atoms with van der Waals surface area (Å²) in [5, 5.41) is 19.6. The maximum Gasteiger partial charge on any atom is 0.237 e. The van der Waals surface area contributed by atoms with Gasteiger partial charge in [-0.05, 0) is 93.8 Å². The Kier molecular flexibility index (Phi) is 10.0. The molecule has 3 aromatic rings. The Morgan fingerprint density at radius 1 is 1.08 bits per heavy atom. The van der Waals surface area contributed by atoms with E-state index in [2.05, 4.69) is 20.2 Å². The van der Waals surface area contributed by atoms with Crippen molar-refractivity contribution < 1.29 is 14.3 Å². The third-order valence-corrected chi connectivity index (χ3v) is 9.49. The fourth-order valence-electron chi connectivity index (χ4n) is 6.78. The Morgan fingerprint density at radius 2 is 1.84 bits per heavy atom. The fourth-order valence-corrected chi connectivity index (χ4v) is 6.78. The molecule has 5 N–H and O–H groups in total. The number of likely N-dealkylation sites (tertiary alicyclic amines) is 1. The van der Waals surface area contributed by atoms with Gasteiger partial charge >= 0.3 is 0 Å². The highest BCUT2D eigenvalue weighted by molar-refractivity contribution is 6.13. The van der Waals surface area contributed by atoms with Crippen LogP contribution in [0.2, 0.25) is 0 Å². The van der Waals surface area contributed by atoms with E-state index in [-0.39, 0.29) is 36.0 Å². The molecule has 1 spiro atoms. The summed E-state index contributed by atoms with van der Waals surface area (Å²) in [4.78, 5) is 46.2. The number of nitrogen functional groups attached to an aromatic ring is 1. The quantitative estimate of drug-likeness (QED) is 0.186. The van der Waals surface area contributed by atoms with Crippen molar-refractivity contribution in [3.63, 3.8) is 0 Å². The SMILES string of the molecule is CN/C=N\C(=N)c1ccc(C2=CCN(C(=O)CN3CC[C@]4(CCN(c5ccc(N)c(C(=N)c6ccc(OC(C)C)cc6)n5)C4=O)C3)CC2)nc1. The van der Waals surface area contributed by atoms with E-state index in [4.69, 9.17) is 26.3 Å². The number of nitrogens with one attached hydrogen (secondary N) is 3. The number of benzene rings is 1. The smallest absolute Gasteiger partial charge is 0.237 e. The van der Waals surface area contributed by atoms with Crippen LogP contribution in [0.15, 0.2) is 65.8 Å². The van der Waals surface area contributed by atoms with Gasteiger partial charge in [-0.15, -0.1) is 0 Å². The van der Waals surface area contributed by atoms with Gasteiger partial charge < -0.3 is 20.7 Å². The average molecular weight is 677 g/mol. The number of aliphatic imine (C=N–C) groups is 1. The molecule has 2 fully saturated rings. The van der Waals surface area contributed by atoms with E-state index in [0.717, 1.165) is 17.0 Å². The lowest BCUT2D eigenvalue weighted by atomic mass is 9.85. The predicted octanol–water partition coefficient (Wildman–Crippen LogP) is 3.58. The molecule has 3 aliphatic heterocycles. The Labute approximate surface area is 292 Å². The van der Waals surface area contributed by atoms with Crippen LogP contribution in [0.1, 0.15) is 55.6 Å². The number of amides is 2. The summed E-state index contributed by atoms with van der Waals surface area (Å²) < 4.78 is 5.72. The van der Waals surface area contributed by atoms with Crippen molar-refractivity contribution >= 4 is 46.8 Å². The maximum atomic E-state index is 13.9. The second kappa shape index (κ2) is 14.6. The van der Waals surface area contributed by atoms with Gasteiger partial charge in [-0.2, -0.15) is 0 Å². The number of carbonyl (C=O) groups is 2. The molecule has 13 heteroatoms. The number of nitrogens with two attached hydrogens (primary N) is 1. The van der Waals surface area contributed by atoms with Crippen LogP contribution in [0.3, 0.4) is 0 Å². The molecule has 2 amide bonds. The molecule has 13 nitrogen and oxygen atoms in total. The maximum absolute atomic E-state index is 13.9. The topological polar surface area (TPSA) is 177 Å². The Hall–Kier alpha value is -5.43. The minimum absolute atomic E-state index is 0.00502. The molecule has 3 aliphatic rings. The molecule has 0 radical (unpaired) electrons. The van der Waals surface area contributed by atoms with Crippen molar-refractivity contribution in [3.8, 4) is 5.75 Å². The number of pyridine rings is 2. The number of ether oxygens (including phenoxy) is 1.